The Balaban J connectivity index is 1.25. The first kappa shape index (κ1) is 24.7. The zero-order chi connectivity index (χ0) is 28.8. The summed E-state index contributed by atoms with van der Waals surface area (Å²) in [6.45, 7) is 7.47. The van der Waals surface area contributed by atoms with E-state index in [1.807, 2.05) is 54.6 Å². The van der Waals surface area contributed by atoms with Crippen molar-refractivity contribution >= 4 is 33.3 Å². The lowest BCUT2D eigenvalue weighted by Gasteiger charge is -2.11. The van der Waals surface area contributed by atoms with Crippen LogP contribution in [0.1, 0.15) is 0 Å². The van der Waals surface area contributed by atoms with E-state index >= 15 is 0 Å². The number of hydrogen-bond donors (Lipinski definition) is 0. The number of aromatic nitrogens is 4. The largest absolute Gasteiger partial charge is 0.292 e. The second-order valence-electron chi connectivity index (χ2n) is 10.5. The SMILES string of the molecule is [C-]#[N+]c1cccc(-c2cc(-c3ccccc3)nc(-c3cccc(-c4ccc5c(ccc6nc7ccccc7n65)c4)c3)n2)c1. The number of nitrogens with zero attached hydrogens (tertiary/aromatic N) is 5. The molecular weight excluding hydrogens is 526 g/mol. The van der Waals surface area contributed by atoms with Gasteiger partial charge in [-0.05, 0) is 76.7 Å². The summed E-state index contributed by atoms with van der Waals surface area (Å²) in [6, 6.07) is 47.1. The third-order valence-corrected chi connectivity index (χ3v) is 7.79. The molecule has 43 heavy (non-hydrogen) atoms. The van der Waals surface area contributed by atoms with Gasteiger partial charge in [-0.25, -0.2) is 19.8 Å². The molecule has 8 aromatic rings. The fourth-order valence-corrected chi connectivity index (χ4v) is 5.70. The van der Waals surface area contributed by atoms with Gasteiger partial charge < -0.3 is 0 Å². The molecule has 0 amide bonds. The molecule has 0 aliphatic carbocycles. The topological polar surface area (TPSA) is 47.4 Å². The number of pyridine rings is 1. The molecule has 0 saturated carbocycles. The molecule has 0 radical (unpaired) electrons. The van der Waals surface area contributed by atoms with Crippen molar-refractivity contribution in [2.45, 2.75) is 0 Å². The summed E-state index contributed by atoms with van der Waals surface area (Å²) in [5.41, 5.74) is 11.4. The maximum atomic E-state index is 7.47. The van der Waals surface area contributed by atoms with Gasteiger partial charge >= 0.3 is 0 Å². The average molecular weight is 550 g/mol. The number of imidazole rings is 1. The smallest absolute Gasteiger partial charge is 0.187 e. The zero-order valence-electron chi connectivity index (χ0n) is 23.0. The van der Waals surface area contributed by atoms with Gasteiger partial charge in [-0.3, -0.25) is 4.40 Å². The minimum atomic E-state index is 0.582. The molecule has 3 heterocycles. The van der Waals surface area contributed by atoms with Crippen molar-refractivity contribution in [3.8, 4) is 45.0 Å². The molecule has 0 bridgehead atoms. The lowest BCUT2D eigenvalue weighted by molar-refractivity contribution is 1.18. The Kier molecular flexibility index (Phi) is 5.77. The van der Waals surface area contributed by atoms with Gasteiger partial charge in [0.25, 0.3) is 0 Å². The van der Waals surface area contributed by atoms with Crippen LogP contribution in [0.15, 0.2) is 140 Å². The highest BCUT2D eigenvalue weighted by atomic mass is 15.0. The molecule has 0 atom stereocenters. The van der Waals surface area contributed by atoms with Crippen molar-refractivity contribution in [2.24, 2.45) is 0 Å². The highest BCUT2D eigenvalue weighted by Gasteiger charge is 2.13. The third kappa shape index (κ3) is 4.39. The van der Waals surface area contributed by atoms with Crippen LogP contribution in [0.5, 0.6) is 0 Å². The van der Waals surface area contributed by atoms with Gasteiger partial charge in [-0.1, -0.05) is 84.9 Å². The summed E-state index contributed by atoms with van der Waals surface area (Å²) in [4.78, 5) is 18.4. The van der Waals surface area contributed by atoms with E-state index in [4.69, 9.17) is 21.5 Å². The summed E-state index contributed by atoms with van der Waals surface area (Å²) < 4.78 is 2.22. The molecule has 0 saturated heterocycles. The molecule has 0 aliphatic heterocycles. The predicted octanol–water partition coefficient (Wildman–Crippen LogP) is 9.65. The predicted molar refractivity (Wildman–Crippen MR) is 174 cm³/mol. The quantitative estimate of drug-likeness (QED) is 0.205. The Morgan fingerprint density at radius 3 is 2.09 bits per heavy atom. The van der Waals surface area contributed by atoms with Crippen molar-refractivity contribution in [2.75, 3.05) is 0 Å². The lowest BCUT2D eigenvalue weighted by Crippen LogP contribution is -1.96. The third-order valence-electron chi connectivity index (χ3n) is 7.79. The summed E-state index contributed by atoms with van der Waals surface area (Å²) in [7, 11) is 0. The van der Waals surface area contributed by atoms with Crippen LogP contribution in [-0.4, -0.2) is 19.4 Å². The van der Waals surface area contributed by atoms with Crippen molar-refractivity contribution in [3.05, 3.63) is 151 Å². The maximum absolute atomic E-state index is 7.47. The zero-order valence-corrected chi connectivity index (χ0v) is 23.0. The molecule has 5 nitrogen and oxygen atoms in total. The van der Waals surface area contributed by atoms with Crippen LogP contribution in [0.4, 0.5) is 5.69 Å². The molecule has 0 unspecified atom stereocenters. The molecule has 0 aliphatic rings. The van der Waals surface area contributed by atoms with Crippen LogP contribution in [0.3, 0.4) is 0 Å². The van der Waals surface area contributed by atoms with E-state index in [0.717, 1.165) is 66.8 Å². The van der Waals surface area contributed by atoms with Crippen LogP contribution in [0.2, 0.25) is 0 Å². The second-order valence-corrected chi connectivity index (χ2v) is 10.5. The number of hydrogen-bond acceptors (Lipinski definition) is 3. The van der Waals surface area contributed by atoms with E-state index in [1.165, 1.54) is 0 Å². The molecule has 0 fully saturated rings. The summed E-state index contributed by atoms with van der Waals surface area (Å²) in [5.74, 6) is 0.638. The molecular formula is C38H23N5. The van der Waals surface area contributed by atoms with Gasteiger partial charge in [0.2, 0.25) is 0 Å². The van der Waals surface area contributed by atoms with Crippen molar-refractivity contribution in [1.82, 2.24) is 19.4 Å². The molecule has 200 valence electrons. The summed E-state index contributed by atoms with van der Waals surface area (Å²) >= 11 is 0. The highest BCUT2D eigenvalue weighted by Crippen LogP contribution is 2.32. The molecule has 5 heteroatoms. The van der Waals surface area contributed by atoms with Crippen molar-refractivity contribution < 1.29 is 0 Å². The Morgan fingerprint density at radius 1 is 0.488 bits per heavy atom. The van der Waals surface area contributed by atoms with Crippen LogP contribution in [-0.2, 0) is 0 Å². The van der Waals surface area contributed by atoms with Crippen LogP contribution in [0.25, 0.3) is 77.5 Å². The van der Waals surface area contributed by atoms with E-state index in [2.05, 4.69) is 94.2 Å². The Morgan fingerprint density at radius 2 is 1.21 bits per heavy atom. The molecule has 8 rings (SSSR count). The normalized spacial score (nSPS) is 11.2. The van der Waals surface area contributed by atoms with E-state index in [-0.39, 0.29) is 0 Å². The number of rotatable bonds is 4. The Bertz CT molecular complexity index is 2360. The number of para-hydroxylation sites is 2. The highest BCUT2D eigenvalue weighted by molar-refractivity contribution is 5.93. The maximum Gasteiger partial charge on any atom is 0.187 e. The van der Waals surface area contributed by atoms with Gasteiger partial charge in [-0.15, -0.1) is 0 Å². The molecule has 0 N–H and O–H groups in total. The molecule has 0 spiro atoms. The fourth-order valence-electron chi connectivity index (χ4n) is 5.70. The van der Waals surface area contributed by atoms with Crippen LogP contribution in [0, 0.1) is 6.57 Å². The van der Waals surface area contributed by atoms with E-state index < -0.39 is 0 Å². The molecule has 3 aromatic heterocycles. The monoisotopic (exact) mass is 549 g/mol. The molecule has 5 aromatic carbocycles. The fraction of sp³-hybridized carbons (Fsp3) is 0. The summed E-state index contributed by atoms with van der Waals surface area (Å²) in [5, 5.41) is 1.14. The minimum Gasteiger partial charge on any atom is -0.292 e. The van der Waals surface area contributed by atoms with Crippen molar-refractivity contribution in [1.29, 1.82) is 0 Å². The first-order chi connectivity index (χ1) is 21.2. The second kappa shape index (κ2) is 10.1. The van der Waals surface area contributed by atoms with Gasteiger partial charge in [0.05, 0.1) is 34.5 Å². The van der Waals surface area contributed by atoms with Crippen molar-refractivity contribution in [3.63, 3.8) is 0 Å². The van der Waals surface area contributed by atoms with Gasteiger partial charge in [-0.2, -0.15) is 0 Å². The Hall–Kier alpha value is -6.12. The first-order valence-corrected chi connectivity index (χ1v) is 14.1. The average Bonchev–Trinajstić information content (AvgIpc) is 3.47. The number of benzene rings is 5. The van der Waals surface area contributed by atoms with Crippen LogP contribution >= 0.6 is 0 Å². The first-order valence-electron chi connectivity index (χ1n) is 14.1. The van der Waals surface area contributed by atoms with E-state index in [0.29, 0.717) is 11.5 Å². The standard InChI is InChI=1S/C38H23N5/c1-39-31-14-8-12-28(23-31)34-24-33(25-9-3-2-4-10-25)41-38(42-34)30-13-7-11-26(22-30)27-17-19-35-29(21-27)18-20-37-40-32-15-5-6-16-36(32)43(35)37/h2-24H. The Labute approximate surface area is 248 Å². The number of fused-ring (bicyclic) bond motifs is 5. The van der Waals surface area contributed by atoms with Crippen LogP contribution < -0.4 is 0 Å². The summed E-state index contributed by atoms with van der Waals surface area (Å²) in [6.07, 6.45) is 0. The van der Waals surface area contributed by atoms with Gasteiger partial charge in [0.1, 0.15) is 5.65 Å². The van der Waals surface area contributed by atoms with E-state index in [9.17, 15) is 0 Å². The van der Waals surface area contributed by atoms with Gasteiger partial charge in [0.15, 0.2) is 11.5 Å². The van der Waals surface area contributed by atoms with E-state index in [1.54, 1.807) is 0 Å². The van der Waals surface area contributed by atoms with Gasteiger partial charge in [0, 0.05) is 11.1 Å². The minimum absolute atomic E-state index is 0.582. The lowest BCUT2D eigenvalue weighted by atomic mass is 10.0.